The van der Waals surface area contributed by atoms with Crippen molar-refractivity contribution in [3.05, 3.63) is 65.7 Å². The average Bonchev–Trinajstić information content (AvgIpc) is 2.45. The van der Waals surface area contributed by atoms with Gasteiger partial charge in [-0.25, -0.2) is 4.98 Å². The smallest absolute Gasteiger partial charge is 0.113 e. The van der Waals surface area contributed by atoms with Crippen molar-refractivity contribution in [1.82, 2.24) is 15.0 Å². The molecule has 0 N–H and O–H groups in total. The second-order valence-electron chi connectivity index (χ2n) is 4.14. The summed E-state index contributed by atoms with van der Waals surface area (Å²) in [7, 11) is 0. The molecule has 3 aromatic rings. The van der Waals surface area contributed by atoms with E-state index in [1.807, 2.05) is 43.3 Å². The second-order valence-corrected chi connectivity index (χ2v) is 4.14. The third-order valence-electron chi connectivity index (χ3n) is 2.71. The van der Waals surface area contributed by atoms with Gasteiger partial charge in [0.2, 0.25) is 0 Å². The fraction of sp³-hybridized carbons (Fsp3) is 0.0625. The molecule has 3 heteroatoms. The monoisotopic (exact) mass is 245 g/mol. The minimum Gasteiger partial charge on any atom is -0.253 e. The Morgan fingerprint density at radius 3 is 2.63 bits per heavy atom. The van der Waals surface area contributed by atoms with E-state index in [1.165, 1.54) is 0 Å². The highest BCUT2D eigenvalue weighted by atomic mass is 14.8. The largest absolute Gasteiger partial charge is 0.253 e. The number of pyridine rings is 1. The van der Waals surface area contributed by atoms with Crippen LogP contribution in [0.3, 0.4) is 0 Å². The zero-order valence-corrected chi connectivity index (χ0v) is 10.5. The maximum absolute atomic E-state index is 4.36. The lowest BCUT2D eigenvalue weighted by atomic mass is 10.1. The van der Waals surface area contributed by atoms with Crippen molar-refractivity contribution in [1.29, 1.82) is 0 Å². The molecular weight excluding hydrogens is 234 g/mol. The highest BCUT2D eigenvalue weighted by molar-refractivity contribution is 5.80. The Hall–Kier alpha value is -2.73. The van der Waals surface area contributed by atoms with Crippen LogP contribution in [0, 0.1) is 18.8 Å². The van der Waals surface area contributed by atoms with Crippen LogP contribution < -0.4 is 0 Å². The molecule has 0 aliphatic carbocycles. The molecule has 0 aliphatic heterocycles. The minimum atomic E-state index is 0.765. The van der Waals surface area contributed by atoms with Gasteiger partial charge in [0.1, 0.15) is 11.2 Å². The van der Waals surface area contributed by atoms with Gasteiger partial charge < -0.3 is 0 Å². The van der Waals surface area contributed by atoms with Gasteiger partial charge in [0.05, 0.1) is 11.1 Å². The molecule has 3 nitrogen and oxygen atoms in total. The van der Waals surface area contributed by atoms with Gasteiger partial charge in [0.25, 0.3) is 0 Å². The molecule has 0 aliphatic rings. The second kappa shape index (κ2) is 4.87. The number of fused-ring (bicyclic) bond motifs is 1. The van der Waals surface area contributed by atoms with Gasteiger partial charge in [-0.2, -0.15) is 0 Å². The highest BCUT2D eigenvalue weighted by Crippen LogP contribution is 2.12. The molecule has 0 spiro atoms. The third kappa shape index (κ3) is 2.43. The average molecular weight is 245 g/mol. The van der Waals surface area contributed by atoms with Gasteiger partial charge in [0.15, 0.2) is 0 Å². The zero-order chi connectivity index (χ0) is 13.1. The fourth-order valence-corrected chi connectivity index (χ4v) is 1.84. The molecule has 2 aromatic heterocycles. The number of nitrogens with zero attached hydrogens (tertiary/aromatic N) is 3. The lowest BCUT2D eigenvalue weighted by molar-refractivity contribution is 1.18. The number of rotatable bonds is 0. The molecule has 0 radical (unpaired) electrons. The van der Waals surface area contributed by atoms with E-state index in [2.05, 4.69) is 26.8 Å². The van der Waals surface area contributed by atoms with Crippen LogP contribution >= 0.6 is 0 Å². The summed E-state index contributed by atoms with van der Waals surface area (Å²) in [6, 6.07) is 11.6. The molecular formula is C16H11N3. The fourth-order valence-electron chi connectivity index (χ4n) is 1.84. The van der Waals surface area contributed by atoms with Gasteiger partial charge in [-0.1, -0.05) is 18.1 Å². The lowest BCUT2D eigenvalue weighted by Crippen LogP contribution is -1.87. The number of para-hydroxylation sites is 1. The van der Waals surface area contributed by atoms with Crippen LogP contribution in [0.15, 0.2) is 48.8 Å². The molecule has 0 atom stereocenters. The summed E-state index contributed by atoms with van der Waals surface area (Å²) in [5.74, 6) is 6.18. The molecule has 0 unspecified atom stereocenters. The van der Waals surface area contributed by atoms with E-state index in [1.54, 1.807) is 12.4 Å². The van der Waals surface area contributed by atoms with E-state index < -0.39 is 0 Å². The van der Waals surface area contributed by atoms with Crippen molar-refractivity contribution < 1.29 is 0 Å². The molecule has 1 aromatic carbocycles. The van der Waals surface area contributed by atoms with Crippen LogP contribution in [0.2, 0.25) is 0 Å². The van der Waals surface area contributed by atoms with E-state index >= 15 is 0 Å². The van der Waals surface area contributed by atoms with Gasteiger partial charge >= 0.3 is 0 Å². The molecule has 0 saturated carbocycles. The number of aryl methyl sites for hydroxylation is 1. The summed E-state index contributed by atoms with van der Waals surface area (Å²) in [6.45, 7) is 1.95. The Labute approximate surface area is 111 Å². The Kier molecular flexibility index (Phi) is 2.91. The first-order valence-electron chi connectivity index (χ1n) is 5.98. The molecule has 90 valence electrons. The van der Waals surface area contributed by atoms with Crippen LogP contribution in [-0.4, -0.2) is 15.0 Å². The van der Waals surface area contributed by atoms with Crippen molar-refractivity contribution in [3.63, 3.8) is 0 Å². The first-order chi connectivity index (χ1) is 9.33. The van der Waals surface area contributed by atoms with E-state index in [4.69, 9.17) is 0 Å². The normalized spacial score (nSPS) is 9.95. The van der Waals surface area contributed by atoms with Gasteiger partial charge in [-0.3, -0.25) is 9.97 Å². The third-order valence-corrected chi connectivity index (χ3v) is 2.71. The maximum Gasteiger partial charge on any atom is 0.113 e. The van der Waals surface area contributed by atoms with Crippen molar-refractivity contribution in [2.24, 2.45) is 0 Å². The first kappa shape index (κ1) is 11.4. The summed E-state index contributed by atoms with van der Waals surface area (Å²) in [5, 5.41) is 0. The Balaban J connectivity index is 2.07. The summed E-state index contributed by atoms with van der Waals surface area (Å²) >= 11 is 0. The standard InChI is InChI=1S/C16H11N3/c1-12-4-2-6-14(19-12)9-8-13-5-3-7-15-16(13)18-11-10-17-15/h2-7,10-11H,1H3. The topological polar surface area (TPSA) is 38.7 Å². The van der Waals surface area contributed by atoms with Gasteiger partial charge in [-0.05, 0) is 37.1 Å². The summed E-state index contributed by atoms with van der Waals surface area (Å²) in [6.07, 6.45) is 3.36. The zero-order valence-electron chi connectivity index (χ0n) is 10.5. The number of hydrogen-bond donors (Lipinski definition) is 0. The Morgan fingerprint density at radius 1 is 0.895 bits per heavy atom. The van der Waals surface area contributed by atoms with E-state index in [0.717, 1.165) is 28.0 Å². The molecule has 0 saturated heterocycles. The van der Waals surface area contributed by atoms with Crippen LogP contribution in [0.25, 0.3) is 11.0 Å². The Bertz CT molecular complexity index is 792. The number of aromatic nitrogens is 3. The summed E-state index contributed by atoms with van der Waals surface area (Å²) in [5.41, 5.74) is 4.27. The quantitative estimate of drug-likeness (QED) is 0.572. The van der Waals surface area contributed by atoms with Crippen LogP contribution in [0.4, 0.5) is 0 Å². The summed E-state index contributed by atoms with van der Waals surface area (Å²) in [4.78, 5) is 12.9. The van der Waals surface area contributed by atoms with Crippen LogP contribution in [0.5, 0.6) is 0 Å². The SMILES string of the molecule is Cc1cccc(C#Cc2cccc3nccnc23)n1. The minimum absolute atomic E-state index is 0.765. The summed E-state index contributed by atoms with van der Waals surface area (Å²) < 4.78 is 0. The predicted octanol–water partition coefficient (Wildman–Crippen LogP) is 2.73. The van der Waals surface area contributed by atoms with Crippen molar-refractivity contribution >= 4 is 11.0 Å². The van der Waals surface area contributed by atoms with Crippen molar-refractivity contribution in [2.45, 2.75) is 6.92 Å². The lowest BCUT2D eigenvalue weighted by Gasteiger charge is -1.97. The van der Waals surface area contributed by atoms with Gasteiger partial charge in [-0.15, -0.1) is 0 Å². The van der Waals surface area contributed by atoms with Crippen LogP contribution in [0.1, 0.15) is 17.0 Å². The van der Waals surface area contributed by atoms with Gasteiger partial charge in [0, 0.05) is 18.1 Å². The van der Waals surface area contributed by atoms with E-state index in [-0.39, 0.29) is 0 Å². The van der Waals surface area contributed by atoms with Crippen molar-refractivity contribution in [3.8, 4) is 11.8 Å². The first-order valence-corrected chi connectivity index (χ1v) is 5.98. The molecule has 0 bridgehead atoms. The van der Waals surface area contributed by atoms with Crippen molar-refractivity contribution in [2.75, 3.05) is 0 Å². The molecule has 0 amide bonds. The number of benzene rings is 1. The molecule has 3 rings (SSSR count). The predicted molar refractivity (Wildman–Crippen MR) is 74.5 cm³/mol. The van der Waals surface area contributed by atoms with E-state index in [9.17, 15) is 0 Å². The number of hydrogen-bond acceptors (Lipinski definition) is 3. The molecule has 2 heterocycles. The van der Waals surface area contributed by atoms with E-state index in [0.29, 0.717) is 0 Å². The molecule has 19 heavy (non-hydrogen) atoms. The molecule has 0 fully saturated rings. The highest BCUT2D eigenvalue weighted by Gasteiger charge is 1.99. The maximum atomic E-state index is 4.36. The Morgan fingerprint density at radius 2 is 1.74 bits per heavy atom. The van der Waals surface area contributed by atoms with Crippen LogP contribution in [-0.2, 0) is 0 Å².